The van der Waals surface area contributed by atoms with Crippen molar-refractivity contribution in [2.24, 2.45) is 39.4 Å². The highest BCUT2D eigenvalue weighted by Gasteiger charge is 2.68. The Morgan fingerprint density at radius 1 is 0.967 bits per heavy atom. The topological polar surface area (TPSA) is 87.0 Å². The fraction of sp³-hybridized carbons (Fsp3) is 0.880. The number of rotatable bonds is 1. The summed E-state index contributed by atoms with van der Waals surface area (Å²) in [6.45, 7) is 9.56. The highest BCUT2D eigenvalue weighted by molar-refractivity contribution is 5.94. The highest BCUT2D eigenvalue weighted by Crippen LogP contribution is 2.73. The molecule has 4 aliphatic carbocycles. The van der Waals surface area contributed by atoms with Crippen molar-refractivity contribution in [2.75, 3.05) is 6.61 Å². The van der Waals surface area contributed by atoms with E-state index in [2.05, 4.69) is 27.7 Å². The van der Waals surface area contributed by atoms with E-state index in [1.165, 1.54) is 6.42 Å². The van der Waals surface area contributed by atoms with E-state index in [-0.39, 0.29) is 34.2 Å². The molecule has 3 saturated carbocycles. The fourth-order valence-corrected chi connectivity index (χ4v) is 9.63. The SMILES string of the molecule is CC1(C)CCC[C@@]2(CO)[C@H]1CC[C@]1(C)[C@@H]2CC[C@]2(C)C3=C(C(=O)O[C@H]3O)[C@@H](O)C[C@@H]12. The summed E-state index contributed by atoms with van der Waals surface area (Å²) in [7, 11) is 0. The predicted molar refractivity (Wildman–Crippen MR) is 112 cm³/mol. The molecule has 5 nitrogen and oxygen atoms in total. The number of aliphatic hydroxyl groups is 3. The van der Waals surface area contributed by atoms with Crippen molar-refractivity contribution in [3.8, 4) is 0 Å². The quantitative estimate of drug-likeness (QED) is 0.567. The van der Waals surface area contributed by atoms with Gasteiger partial charge in [0.25, 0.3) is 0 Å². The predicted octanol–water partition coefficient (Wildman–Crippen LogP) is 3.56. The van der Waals surface area contributed by atoms with Gasteiger partial charge in [-0.05, 0) is 78.9 Å². The first-order valence-corrected chi connectivity index (χ1v) is 11.9. The van der Waals surface area contributed by atoms with Crippen LogP contribution in [0.2, 0.25) is 0 Å². The fourth-order valence-electron chi connectivity index (χ4n) is 9.63. The first-order valence-electron chi connectivity index (χ1n) is 11.9. The van der Waals surface area contributed by atoms with Crippen LogP contribution in [-0.4, -0.2) is 40.3 Å². The van der Waals surface area contributed by atoms with E-state index in [0.717, 1.165) is 38.5 Å². The minimum Gasteiger partial charge on any atom is -0.428 e. The number of esters is 1. The van der Waals surface area contributed by atoms with E-state index in [0.29, 0.717) is 29.4 Å². The maximum absolute atomic E-state index is 12.3. The second-order valence-corrected chi connectivity index (χ2v) is 12.2. The van der Waals surface area contributed by atoms with Crippen molar-refractivity contribution in [3.63, 3.8) is 0 Å². The van der Waals surface area contributed by atoms with Gasteiger partial charge in [-0.1, -0.05) is 34.1 Å². The minimum atomic E-state index is -1.23. The number of aliphatic hydroxyl groups excluding tert-OH is 3. The van der Waals surface area contributed by atoms with Crippen molar-refractivity contribution in [1.29, 1.82) is 0 Å². The van der Waals surface area contributed by atoms with Gasteiger partial charge in [0.05, 0.1) is 11.7 Å². The Labute approximate surface area is 179 Å². The lowest BCUT2D eigenvalue weighted by Crippen LogP contribution is -2.64. The number of cyclic esters (lactones) is 1. The van der Waals surface area contributed by atoms with E-state index in [1.807, 2.05) is 0 Å². The Kier molecular flexibility index (Phi) is 4.42. The van der Waals surface area contributed by atoms with E-state index < -0.39 is 18.4 Å². The van der Waals surface area contributed by atoms with Crippen LogP contribution in [0.25, 0.3) is 0 Å². The molecule has 8 atom stereocenters. The molecule has 3 N–H and O–H groups in total. The number of fused-ring (bicyclic) bond motifs is 6. The largest absolute Gasteiger partial charge is 0.428 e. The molecule has 5 rings (SSSR count). The molecular weight excluding hydrogens is 380 g/mol. The van der Waals surface area contributed by atoms with Crippen molar-refractivity contribution in [2.45, 2.75) is 91.5 Å². The zero-order valence-electron chi connectivity index (χ0n) is 18.9. The molecule has 0 saturated heterocycles. The van der Waals surface area contributed by atoms with Crippen molar-refractivity contribution in [3.05, 3.63) is 11.1 Å². The van der Waals surface area contributed by atoms with E-state index in [4.69, 9.17) is 4.74 Å². The molecule has 1 aliphatic heterocycles. The van der Waals surface area contributed by atoms with Gasteiger partial charge in [-0.15, -0.1) is 0 Å². The number of hydrogen-bond donors (Lipinski definition) is 3. The molecular formula is C25H38O5. The normalized spacial score (nSPS) is 52.1. The van der Waals surface area contributed by atoms with Crippen molar-refractivity contribution < 1.29 is 24.9 Å². The summed E-state index contributed by atoms with van der Waals surface area (Å²) in [5.74, 6) is 0.532. The monoisotopic (exact) mass is 418 g/mol. The average Bonchev–Trinajstić information content (AvgIpc) is 2.98. The summed E-state index contributed by atoms with van der Waals surface area (Å²) in [6.07, 6.45) is 5.96. The summed E-state index contributed by atoms with van der Waals surface area (Å²) in [6, 6.07) is 0. The average molecular weight is 419 g/mol. The van der Waals surface area contributed by atoms with Gasteiger partial charge in [-0.3, -0.25) is 0 Å². The molecule has 5 heteroatoms. The molecule has 1 heterocycles. The number of ether oxygens (including phenoxy) is 1. The summed E-state index contributed by atoms with van der Waals surface area (Å²) in [5, 5.41) is 32.4. The molecule has 5 aliphatic rings. The Morgan fingerprint density at radius 3 is 2.37 bits per heavy atom. The third-order valence-corrected chi connectivity index (χ3v) is 10.8. The van der Waals surface area contributed by atoms with E-state index >= 15 is 0 Å². The van der Waals surface area contributed by atoms with Crippen LogP contribution in [0.15, 0.2) is 11.1 Å². The minimum absolute atomic E-state index is 0.0372. The number of hydrogen-bond acceptors (Lipinski definition) is 5. The summed E-state index contributed by atoms with van der Waals surface area (Å²) >= 11 is 0. The zero-order valence-corrected chi connectivity index (χ0v) is 18.9. The second kappa shape index (κ2) is 6.32. The van der Waals surface area contributed by atoms with Gasteiger partial charge in [0, 0.05) is 17.6 Å². The van der Waals surface area contributed by atoms with Crippen LogP contribution < -0.4 is 0 Å². The van der Waals surface area contributed by atoms with Crippen LogP contribution in [-0.2, 0) is 9.53 Å². The summed E-state index contributed by atoms with van der Waals surface area (Å²) < 4.78 is 5.16. The van der Waals surface area contributed by atoms with Crippen LogP contribution in [0.4, 0.5) is 0 Å². The molecule has 0 unspecified atom stereocenters. The smallest absolute Gasteiger partial charge is 0.339 e. The van der Waals surface area contributed by atoms with Crippen LogP contribution in [0.5, 0.6) is 0 Å². The molecule has 0 aromatic heterocycles. The standard InChI is InChI=1S/C25H38O5/c1-22(2)8-5-9-25(13-26)15(22)6-10-23(3)16(25)7-11-24(4)17(23)12-14(27)18-19(24)21(29)30-20(18)28/h14-17,21,26-27,29H,5-13H2,1-4H3/t14-,15-,16-,17-,21+,23+,24-,25+/m0/s1. The van der Waals surface area contributed by atoms with Gasteiger partial charge in [0.1, 0.15) is 0 Å². The lowest BCUT2D eigenvalue weighted by Gasteiger charge is -2.69. The maximum Gasteiger partial charge on any atom is 0.339 e. The first kappa shape index (κ1) is 21.0. The summed E-state index contributed by atoms with van der Waals surface area (Å²) in [4.78, 5) is 12.3. The van der Waals surface area contributed by atoms with Gasteiger partial charge in [0.15, 0.2) is 0 Å². The molecule has 168 valence electrons. The van der Waals surface area contributed by atoms with Crippen molar-refractivity contribution in [1.82, 2.24) is 0 Å². The molecule has 30 heavy (non-hydrogen) atoms. The van der Waals surface area contributed by atoms with Gasteiger partial charge < -0.3 is 20.1 Å². The molecule has 3 fully saturated rings. The Morgan fingerprint density at radius 2 is 1.67 bits per heavy atom. The zero-order chi connectivity index (χ0) is 21.7. The molecule has 0 spiro atoms. The second-order valence-electron chi connectivity index (χ2n) is 12.2. The summed E-state index contributed by atoms with van der Waals surface area (Å²) in [5.41, 5.74) is 0.750. The molecule has 0 aromatic carbocycles. The number of carbonyl (C=O) groups excluding carboxylic acids is 1. The maximum atomic E-state index is 12.3. The third kappa shape index (κ3) is 2.38. The Bertz CT molecular complexity index is 801. The van der Waals surface area contributed by atoms with Crippen molar-refractivity contribution >= 4 is 5.97 Å². The van der Waals surface area contributed by atoms with Gasteiger partial charge in [-0.25, -0.2) is 4.79 Å². The van der Waals surface area contributed by atoms with Crippen LogP contribution >= 0.6 is 0 Å². The van der Waals surface area contributed by atoms with Gasteiger partial charge in [-0.2, -0.15) is 0 Å². The lowest BCUT2D eigenvalue weighted by molar-refractivity contribution is -0.214. The van der Waals surface area contributed by atoms with E-state index in [1.54, 1.807) is 0 Å². The Balaban J connectivity index is 1.60. The molecule has 0 aromatic rings. The lowest BCUT2D eigenvalue weighted by atomic mass is 9.35. The van der Waals surface area contributed by atoms with E-state index in [9.17, 15) is 20.1 Å². The third-order valence-electron chi connectivity index (χ3n) is 10.8. The van der Waals surface area contributed by atoms with Gasteiger partial charge in [0.2, 0.25) is 6.29 Å². The molecule has 0 amide bonds. The highest BCUT2D eigenvalue weighted by atomic mass is 16.6. The molecule has 0 radical (unpaired) electrons. The van der Waals surface area contributed by atoms with Crippen LogP contribution in [0.1, 0.15) is 79.1 Å². The van der Waals surface area contributed by atoms with Crippen LogP contribution in [0.3, 0.4) is 0 Å². The van der Waals surface area contributed by atoms with Gasteiger partial charge >= 0.3 is 5.97 Å². The molecule has 0 bridgehead atoms. The first-order chi connectivity index (χ1) is 14.0. The Hall–Kier alpha value is -0.910. The number of carbonyl (C=O) groups is 1. The van der Waals surface area contributed by atoms with Crippen LogP contribution in [0, 0.1) is 39.4 Å².